The molecule has 2 rings (SSSR count). The van der Waals surface area contributed by atoms with Crippen molar-refractivity contribution in [2.75, 3.05) is 17.7 Å². The number of carbonyl (C=O) groups is 1. The number of aromatic nitrogens is 1. The number of aryl methyl sites for hydroxylation is 2. The summed E-state index contributed by atoms with van der Waals surface area (Å²) in [5, 5.41) is 2.52. The van der Waals surface area contributed by atoms with Gasteiger partial charge in [-0.25, -0.2) is 9.37 Å². The largest absolute Gasteiger partial charge is 0.478 e. The molecule has 1 aromatic heterocycles. The van der Waals surface area contributed by atoms with E-state index in [4.69, 9.17) is 10.5 Å². The second kappa shape index (κ2) is 9.58. The number of hydrogen-bond acceptors (Lipinski definition) is 4. The maximum Gasteiger partial charge on any atom is 0.259 e. The summed E-state index contributed by atoms with van der Waals surface area (Å²) < 4.78 is 20.0. The van der Waals surface area contributed by atoms with Crippen molar-refractivity contribution in [1.82, 2.24) is 4.98 Å². The number of halogens is 1. The van der Waals surface area contributed by atoms with Crippen LogP contribution in [0.3, 0.4) is 0 Å². The minimum atomic E-state index is -0.656. The van der Waals surface area contributed by atoms with E-state index in [0.29, 0.717) is 0 Å². The Labute approximate surface area is 159 Å². The Morgan fingerprint density at radius 1 is 1.33 bits per heavy atom. The molecule has 27 heavy (non-hydrogen) atoms. The van der Waals surface area contributed by atoms with E-state index in [1.165, 1.54) is 12.1 Å². The fourth-order valence-corrected chi connectivity index (χ4v) is 2.33. The van der Waals surface area contributed by atoms with Crippen LogP contribution in [0.5, 0.6) is 5.75 Å². The molecule has 0 bridgehead atoms. The van der Waals surface area contributed by atoms with Crippen LogP contribution >= 0.6 is 0 Å². The van der Waals surface area contributed by atoms with Crippen LogP contribution < -0.4 is 15.8 Å². The summed E-state index contributed by atoms with van der Waals surface area (Å²) in [6, 6.07) is 6.18. The molecule has 0 unspecified atom stereocenters. The highest BCUT2D eigenvalue weighted by Gasteiger charge is 2.16. The summed E-state index contributed by atoms with van der Waals surface area (Å²) in [6.07, 6.45) is 2.90. The lowest BCUT2D eigenvalue weighted by atomic mass is 10.1. The van der Waals surface area contributed by atoms with Crippen LogP contribution in [-0.4, -0.2) is 17.5 Å². The molecule has 2 aromatic rings. The predicted molar refractivity (Wildman–Crippen MR) is 105 cm³/mol. The third kappa shape index (κ3) is 5.45. The van der Waals surface area contributed by atoms with E-state index in [2.05, 4.69) is 29.1 Å². The van der Waals surface area contributed by atoms with E-state index >= 15 is 0 Å². The fraction of sp³-hybridized carbons (Fsp3) is 0.333. The molecule has 0 aliphatic heterocycles. The van der Waals surface area contributed by atoms with E-state index in [1.54, 1.807) is 19.1 Å². The number of rotatable bonds is 6. The summed E-state index contributed by atoms with van der Waals surface area (Å²) in [5.41, 5.74) is 7.60. The SMILES string of the molecule is CCCCC#CCOc1cccc(NC(=O)c2cc(C)c(C)nc2N)c1F. The lowest BCUT2D eigenvalue weighted by Crippen LogP contribution is -2.17. The summed E-state index contributed by atoms with van der Waals surface area (Å²) >= 11 is 0. The van der Waals surface area contributed by atoms with Gasteiger partial charge >= 0.3 is 0 Å². The van der Waals surface area contributed by atoms with Crippen molar-refractivity contribution in [3.8, 4) is 17.6 Å². The molecule has 0 fully saturated rings. The third-order valence-corrected chi connectivity index (χ3v) is 4.03. The molecule has 1 amide bonds. The van der Waals surface area contributed by atoms with Crippen LogP contribution in [0.15, 0.2) is 24.3 Å². The number of nitrogens with one attached hydrogen (secondary N) is 1. The Bertz CT molecular complexity index is 885. The first-order valence-corrected chi connectivity index (χ1v) is 8.86. The van der Waals surface area contributed by atoms with Crippen molar-refractivity contribution in [2.24, 2.45) is 0 Å². The standard InChI is InChI=1S/C21H24FN3O2/c1-4-5-6-7-8-12-27-18-11-9-10-17(19(18)22)25-21(26)16-13-14(2)15(3)24-20(16)23/h9-11,13H,4-6,12H2,1-3H3,(H2,23,24)(H,25,26). The highest BCUT2D eigenvalue weighted by molar-refractivity contribution is 6.07. The molecule has 6 heteroatoms. The van der Waals surface area contributed by atoms with E-state index in [-0.39, 0.29) is 29.4 Å². The molecule has 3 N–H and O–H groups in total. The lowest BCUT2D eigenvalue weighted by molar-refractivity contribution is 0.102. The first-order chi connectivity index (χ1) is 12.9. The highest BCUT2D eigenvalue weighted by Crippen LogP contribution is 2.25. The number of nitrogen functional groups attached to an aromatic ring is 1. The van der Waals surface area contributed by atoms with Crippen molar-refractivity contribution in [1.29, 1.82) is 0 Å². The predicted octanol–water partition coefficient (Wildman–Crippen LogP) is 4.24. The maximum absolute atomic E-state index is 14.6. The molecular formula is C21H24FN3O2. The Kier molecular flexibility index (Phi) is 7.18. The zero-order chi connectivity index (χ0) is 19.8. The third-order valence-electron chi connectivity index (χ3n) is 4.03. The van der Waals surface area contributed by atoms with Gasteiger partial charge in [-0.15, -0.1) is 0 Å². The number of anilines is 2. The Hall–Kier alpha value is -3.07. The number of unbranched alkanes of at least 4 members (excludes halogenated alkanes) is 2. The van der Waals surface area contributed by atoms with Crippen molar-refractivity contribution < 1.29 is 13.9 Å². The molecule has 1 aromatic carbocycles. The fourth-order valence-electron chi connectivity index (χ4n) is 2.33. The van der Waals surface area contributed by atoms with Gasteiger partial charge < -0.3 is 15.8 Å². The zero-order valence-corrected chi connectivity index (χ0v) is 15.9. The number of amides is 1. The van der Waals surface area contributed by atoms with Crippen LogP contribution in [-0.2, 0) is 0 Å². The van der Waals surface area contributed by atoms with E-state index in [0.717, 1.165) is 30.5 Å². The molecule has 0 aliphatic rings. The smallest absolute Gasteiger partial charge is 0.259 e. The van der Waals surface area contributed by atoms with E-state index < -0.39 is 11.7 Å². The van der Waals surface area contributed by atoms with Crippen LogP contribution in [0, 0.1) is 31.5 Å². The molecule has 5 nitrogen and oxygen atoms in total. The Balaban J connectivity index is 2.10. The lowest BCUT2D eigenvalue weighted by Gasteiger charge is -2.12. The molecule has 0 aliphatic carbocycles. The number of pyridine rings is 1. The summed E-state index contributed by atoms with van der Waals surface area (Å²) in [6.45, 7) is 5.81. The molecule has 1 heterocycles. The van der Waals surface area contributed by atoms with Crippen LogP contribution in [0.2, 0.25) is 0 Å². The van der Waals surface area contributed by atoms with Crippen LogP contribution in [0.4, 0.5) is 15.9 Å². The van der Waals surface area contributed by atoms with Gasteiger partial charge in [-0.05, 0) is 44.0 Å². The second-order valence-corrected chi connectivity index (χ2v) is 6.14. The minimum absolute atomic E-state index is 0.00840. The number of benzene rings is 1. The summed E-state index contributed by atoms with van der Waals surface area (Å²) in [7, 11) is 0. The summed E-state index contributed by atoms with van der Waals surface area (Å²) in [5.74, 6) is 4.77. The minimum Gasteiger partial charge on any atom is -0.478 e. The van der Waals surface area contributed by atoms with Crippen molar-refractivity contribution >= 4 is 17.4 Å². The topological polar surface area (TPSA) is 77.2 Å². The molecule has 0 spiro atoms. The number of carbonyl (C=O) groups excluding carboxylic acids is 1. The van der Waals surface area contributed by atoms with Gasteiger partial charge in [0.15, 0.2) is 11.6 Å². The Morgan fingerprint density at radius 3 is 2.85 bits per heavy atom. The molecule has 0 radical (unpaired) electrons. The molecule has 142 valence electrons. The average Bonchev–Trinajstić information content (AvgIpc) is 2.63. The van der Waals surface area contributed by atoms with Gasteiger partial charge in [-0.1, -0.05) is 31.3 Å². The van der Waals surface area contributed by atoms with Crippen LogP contribution in [0.1, 0.15) is 47.8 Å². The van der Waals surface area contributed by atoms with E-state index in [1.807, 2.05) is 6.92 Å². The first kappa shape index (κ1) is 20.2. The number of nitrogens with two attached hydrogens (primary N) is 1. The Morgan fingerprint density at radius 2 is 2.11 bits per heavy atom. The average molecular weight is 369 g/mol. The normalized spacial score (nSPS) is 10.1. The summed E-state index contributed by atoms with van der Waals surface area (Å²) in [4.78, 5) is 16.6. The van der Waals surface area contributed by atoms with Gasteiger partial charge in [0.2, 0.25) is 0 Å². The van der Waals surface area contributed by atoms with Crippen molar-refractivity contribution in [2.45, 2.75) is 40.0 Å². The van der Waals surface area contributed by atoms with Gasteiger partial charge in [0, 0.05) is 12.1 Å². The van der Waals surface area contributed by atoms with Crippen molar-refractivity contribution in [3.63, 3.8) is 0 Å². The number of hydrogen-bond donors (Lipinski definition) is 2. The van der Waals surface area contributed by atoms with Gasteiger partial charge in [0.25, 0.3) is 5.91 Å². The molecular weight excluding hydrogens is 345 g/mol. The second-order valence-electron chi connectivity index (χ2n) is 6.14. The van der Waals surface area contributed by atoms with Gasteiger partial charge in [0.05, 0.1) is 11.3 Å². The van der Waals surface area contributed by atoms with Gasteiger partial charge in [-0.2, -0.15) is 0 Å². The number of ether oxygens (including phenoxy) is 1. The van der Waals surface area contributed by atoms with Gasteiger partial charge in [0.1, 0.15) is 12.4 Å². The molecule has 0 saturated carbocycles. The maximum atomic E-state index is 14.6. The van der Waals surface area contributed by atoms with Crippen molar-refractivity contribution in [3.05, 3.63) is 46.9 Å². The van der Waals surface area contributed by atoms with Gasteiger partial charge in [-0.3, -0.25) is 4.79 Å². The monoisotopic (exact) mass is 369 g/mol. The zero-order valence-electron chi connectivity index (χ0n) is 15.9. The first-order valence-electron chi connectivity index (χ1n) is 8.86. The quantitative estimate of drug-likeness (QED) is 0.590. The van der Waals surface area contributed by atoms with E-state index in [9.17, 15) is 9.18 Å². The van der Waals surface area contributed by atoms with Crippen LogP contribution in [0.25, 0.3) is 0 Å². The molecule has 0 atom stereocenters. The number of nitrogens with zero attached hydrogens (tertiary/aromatic N) is 1. The molecule has 0 saturated heterocycles. The highest BCUT2D eigenvalue weighted by atomic mass is 19.1.